The number of carbonyl (C=O) groups excluding carboxylic acids is 2. The maximum atomic E-state index is 10.8. The molecule has 0 radical (unpaired) electrons. The molecule has 0 fully saturated rings. The lowest BCUT2D eigenvalue weighted by atomic mass is 10.1. The maximum Gasteiger partial charge on any atom is 0.303 e. The van der Waals surface area contributed by atoms with Gasteiger partial charge in [-0.25, -0.2) is 0 Å². The summed E-state index contributed by atoms with van der Waals surface area (Å²) in [6.07, 6.45) is 8.23. The highest BCUT2D eigenvalue weighted by Crippen LogP contribution is 2.09. The largest absolute Gasteiger partial charge is 0.458 e. The molecule has 0 aliphatic heterocycles. The minimum absolute atomic E-state index is 0.0225. The van der Waals surface area contributed by atoms with Crippen LogP contribution in [0.4, 0.5) is 0 Å². The van der Waals surface area contributed by atoms with Crippen molar-refractivity contribution in [2.75, 3.05) is 0 Å². The number of hydrogen-bond donors (Lipinski definition) is 0. The predicted octanol–water partition coefficient (Wildman–Crippen LogP) is 3.03. The summed E-state index contributed by atoms with van der Waals surface area (Å²) >= 11 is 0. The zero-order valence-corrected chi connectivity index (χ0v) is 10.5. The molecule has 0 saturated heterocycles. The fourth-order valence-electron chi connectivity index (χ4n) is 1.42. The van der Waals surface area contributed by atoms with Gasteiger partial charge in [-0.2, -0.15) is 0 Å². The summed E-state index contributed by atoms with van der Waals surface area (Å²) in [6, 6.07) is 0. The second kappa shape index (κ2) is 9.13. The van der Waals surface area contributed by atoms with Crippen molar-refractivity contribution in [1.82, 2.24) is 0 Å². The number of unbranched alkanes of at least 4 members (excludes halogenated alkanes) is 3. The molecule has 3 heteroatoms. The summed E-state index contributed by atoms with van der Waals surface area (Å²) in [5, 5.41) is 0. The van der Waals surface area contributed by atoms with Crippen LogP contribution in [-0.4, -0.2) is 17.9 Å². The number of hydrogen-bond acceptors (Lipinski definition) is 3. The molecule has 0 aliphatic rings. The van der Waals surface area contributed by atoms with Gasteiger partial charge >= 0.3 is 5.97 Å². The van der Waals surface area contributed by atoms with Crippen molar-refractivity contribution in [3.63, 3.8) is 0 Å². The van der Waals surface area contributed by atoms with Gasteiger partial charge in [0.1, 0.15) is 6.10 Å². The molecule has 0 aliphatic carbocycles. The molecular formula is C13H22O3. The van der Waals surface area contributed by atoms with E-state index < -0.39 is 0 Å². The Balaban J connectivity index is 4.00. The van der Waals surface area contributed by atoms with Crippen LogP contribution in [0.15, 0.2) is 12.2 Å². The first-order valence-electron chi connectivity index (χ1n) is 5.92. The number of ketones is 1. The van der Waals surface area contributed by atoms with Gasteiger partial charge in [0, 0.05) is 6.92 Å². The lowest BCUT2D eigenvalue weighted by molar-refractivity contribution is -0.144. The third-order valence-electron chi connectivity index (χ3n) is 2.21. The van der Waals surface area contributed by atoms with Gasteiger partial charge < -0.3 is 4.74 Å². The lowest BCUT2D eigenvalue weighted by Gasteiger charge is -2.12. The van der Waals surface area contributed by atoms with Gasteiger partial charge in [0.25, 0.3) is 0 Å². The lowest BCUT2D eigenvalue weighted by Crippen LogP contribution is -2.14. The van der Waals surface area contributed by atoms with Gasteiger partial charge in [0.05, 0.1) is 0 Å². The Kier molecular flexibility index (Phi) is 8.49. The molecule has 16 heavy (non-hydrogen) atoms. The number of rotatable bonds is 8. The van der Waals surface area contributed by atoms with E-state index >= 15 is 0 Å². The van der Waals surface area contributed by atoms with Crippen LogP contribution in [0.25, 0.3) is 0 Å². The summed E-state index contributed by atoms with van der Waals surface area (Å²) in [6.45, 7) is 5.03. The summed E-state index contributed by atoms with van der Waals surface area (Å²) in [4.78, 5) is 21.6. The van der Waals surface area contributed by atoms with Crippen LogP contribution in [0.3, 0.4) is 0 Å². The van der Waals surface area contributed by atoms with Crippen molar-refractivity contribution in [3.8, 4) is 0 Å². The molecule has 0 aromatic carbocycles. The zero-order valence-electron chi connectivity index (χ0n) is 10.5. The number of allylic oxidation sites excluding steroid dienone is 1. The fourth-order valence-corrected chi connectivity index (χ4v) is 1.42. The van der Waals surface area contributed by atoms with Gasteiger partial charge in [-0.1, -0.05) is 26.2 Å². The van der Waals surface area contributed by atoms with Crippen LogP contribution < -0.4 is 0 Å². The van der Waals surface area contributed by atoms with E-state index in [2.05, 4.69) is 6.92 Å². The average Bonchev–Trinajstić information content (AvgIpc) is 2.19. The standard InChI is InChI=1S/C13H22O3/c1-4-5-6-7-8-13(16-12(3)15)10-9-11(2)14/h9-10,13H,4-8H2,1-3H3/b10-9+. The monoisotopic (exact) mass is 226 g/mol. The molecule has 0 aromatic rings. The van der Waals surface area contributed by atoms with E-state index in [0.29, 0.717) is 0 Å². The van der Waals surface area contributed by atoms with Crippen LogP contribution in [0.2, 0.25) is 0 Å². The molecule has 0 heterocycles. The Bertz CT molecular complexity index is 244. The zero-order chi connectivity index (χ0) is 12.4. The highest BCUT2D eigenvalue weighted by atomic mass is 16.5. The molecular weight excluding hydrogens is 204 g/mol. The summed E-state index contributed by atoms with van der Waals surface area (Å²) in [5.41, 5.74) is 0. The molecule has 0 N–H and O–H groups in total. The third kappa shape index (κ3) is 9.44. The van der Waals surface area contributed by atoms with Gasteiger partial charge in [-0.15, -0.1) is 0 Å². The molecule has 3 nitrogen and oxygen atoms in total. The van der Waals surface area contributed by atoms with E-state index in [1.165, 1.54) is 32.8 Å². The minimum Gasteiger partial charge on any atom is -0.458 e. The summed E-state index contributed by atoms with van der Waals surface area (Å²) < 4.78 is 5.10. The van der Waals surface area contributed by atoms with Crippen LogP contribution in [0.1, 0.15) is 52.9 Å². The molecule has 0 saturated carbocycles. The van der Waals surface area contributed by atoms with Gasteiger partial charge in [-0.3, -0.25) is 9.59 Å². The van der Waals surface area contributed by atoms with E-state index in [9.17, 15) is 9.59 Å². The van der Waals surface area contributed by atoms with E-state index in [-0.39, 0.29) is 17.9 Å². The summed E-state index contributed by atoms with van der Waals surface area (Å²) in [7, 11) is 0. The van der Waals surface area contributed by atoms with Gasteiger partial charge in [0.2, 0.25) is 0 Å². The molecule has 0 spiro atoms. The van der Waals surface area contributed by atoms with Crippen LogP contribution in [-0.2, 0) is 14.3 Å². The molecule has 0 aromatic heterocycles. The summed E-state index contributed by atoms with van der Waals surface area (Å²) in [5.74, 6) is -0.320. The smallest absolute Gasteiger partial charge is 0.303 e. The van der Waals surface area contributed by atoms with Crippen LogP contribution >= 0.6 is 0 Å². The number of carbonyl (C=O) groups is 2. The molecule has 0 amide bonds. The number of ether oxygens (including phenoxy) is 1. The normalized spacial score (nSPS) is 12.7. The first-order chi connectivity index (χ1) is 7.56. The SMILES string of the molecule is CCCCCCC(/C=C/C(C)=O)OC(C)=O. The van der Waals surface area contributed by atoms with E-state index in [1.807, 2.05) is 0 Å². The Morgan fingerprint density at radius 3 is 2.38 bits per heavy atom. The topological polar surface area (TPSA) is 43.4 Å². The second-order valence-corrected chi connectivity index (χ2v) is 3.97. The van der Waals surface area contributed by atoms with Crippen molar-refractivity contribution < 1.29 is 14.3 Å². The number of esters is 1. The van der Waals surface area contributed by atoms with Gasteiger partial charge in [0.15, 0.2) is 5.78 Å². The molecule has 0 rings (SSSR count). The Labute approximate surface area is 97.9 Å². The maximum absolute atomic E-state index is 10.8. The van der Waals surface area contributed by atoms with E-state index in [0.717, 1.165) is 19.3 Å². The Morgan fingerprint density at radius 2 is 1.88 bits per heavy atom. The van der Waals surface area contributed by atoms with Crippen molar-refractivity contribution in [2.45, 2.75) is 59.0 Å². The van der Waals surface area contributed by atoms with Crippen LogP contribution in [0, 0.1) is 0 Å². The first-order valence-corrected chi connectivity index (χ1v) is 5.92. The highest BCUT2D eigenvalue weighted by molar-refractivity contribution is 5.87. The van der Waals surface area contributed by atoms with Gasteiger partial charge in [-0.05, 0) is 31.9 Å². The first kappa shape index (κ1) is 14.9. The van der Waals surface area contributed by atoms with Crippen LogP contribution in [0.5, 0.6) is 0 Å². The van der Waals surface area contributed by atoms with E-state index in [4.69, 9.17) is 4.74 Å². The van der Waals surface area contributed by atoms with Crippen molar-refractivity contribution in [2.24, 2.45) is 0 Å². The Morgan fingerprint density at radius 1 is 1.19 bits per heavy atom. The molecule has 92 valence electrons. The van der Waals surface area contributed by atoms with Crippen molar-refractivity contribution in [3.05, 3.63) is 12.2 Å². The molecule has 1 unspecified atom stereocenters. The highest BCUT2D eigenvalue weighted by Gasteiger charge is 2.07. The van der Waals surface area contributed by atoms with Crippen molar-refractivity contribution >= 4 is 11.8 Å². The molecule has 1 atom stereocenters. The molecule has 0 bridgehead atoms. The quantitative estimate of drug-likeness (QED) is 0.363. The van der Waals surface area contributed by atoms with E-state index in [1.54, 1.807) is 6.08 Å². The average molecular weight is 226 g/mol. The predicted molar refractivity (Wildman–Crippen MR) is 64.1 cm³/mol. The Hall–Kier alpha value is -1.12. The second-order valence-electron chi connectivity index (χ2n) is 3.97. The fraction of sp³-hybridized carbons (Fsp3) is 0.692. The minimum atomic E-state index is -0.298. The van der Waals surface area contributed by atoms with Crippen molar-refractivity contribution in [1.29, 1.82) is 0 Å². The third-order valence-corrected chi connectivity index (χ3v) is 2.21.